The van der Waals surface area contributed by atoms with Gasteiger partial charge in [-0.2, -0.15) is 0 Å². The summed E-state index contributed by atoms with van der Waals surface area (Å²) in [6, 6.07) is 0. The molecule has 0 heterocycles. The molecule has 0 unspecified atom stereocenters. The number of carbonyl (C=O) groups excluding carboxylic acids is 1. The van der Waals surface area contributed by atoms with Gasteiger partial charge in [-0.25, -0.2) is 0 Å². The molecule has 0 radical (unpaired) electrons. The highest BCUT2D eigenvalue weighted by Gasteiger charge is 1.99. The van der Waals surface area contributed by atoms with Crippen molar-refractivity contribution in [2.24, 2.45) is 11.7 Å². The second-order valence-corrected chi connectivity index (χ2v) is 3.73. The van der Waals surface area contributed by atoms with Crippen LogP contribution in [-0.2, 0) is 9.53 Å². The minimum atomic E-state index is -0.0833. The number of nitrogens with one attached hydrogen (secondary N) is 1. The smallest absolute Gasteiger partial charge is 0.246 e. The molecule has 0 fully saturated rings. The predicted molar refractivity (Wildman–Crippen MR) is 57.0 cm³/mol. The van der Waals surface area contributed by atoms with Crippen LogP contribution >= 0.6 is 0 Å². The molecule has 3 N–H and O–H groups in total. The first-order valence-corrected chi connectivity index (χ1v) is 5.21. The Morgan fingerprint density at radius 1 is 1.50 bits per heavy atom. The first kappa shape index (κ1) is 13.4. The van der Waals surface area contributed by atoms with Crippen LogP contribution in [0.1, 0.15) is 26.7 Å². The molecule has 84 valence electrons. The van der Waals surface area contributed by atoms with E-state index in [0.29, 0.717) is 25.6 Å². The lowest BCUT2D eigenvalue weighted by molar-refractivity contribution is -0.125. The third kappa shape index (κ3) is 9.48. The third-order valence-electron chi connectivity index (χ3n) is 1.77. The first-order valence-electron chi connectivity index (χ1n) is 5.21. The molecule has 1 amide bonds. The molecule has 4 heteroatoms. The molecule has 0 aliphatic heterocycles. The van der Waals surface area contributed by atoms with Gasteiger partial charge < -0.3 is 15.8 Å². The van der Waals surface area contributed by atoms with Gasteiger partial charge in [0.05, 0.1) is 0 Å². The molecule has 0 atom stereocenters. The summed E-state index contributed by atoms with van der Waals surface area (Å²) in [5.74, 6) is 0.615. The van der Waals surface area contributed by atoms with Crippen LogP contribution in [0.25, 0.3) is 0 Å². The minimum Gasteiger partial charge on any atom is -0.372 e. The number of hydrogen-bond donors (Lipinski definition) is 2. The van der Waals surface area contributed by atoms with E-state index in [9.17, 15) is 4.79 Å². The predicted octanol–water partition coefficient (Wildman–Crippen LogP) is 0.514. The monoisotopic (exact) mass is 202 g/mol. The lowest BCUT2D eigenvalue weighted by Gasteiger charge is -2.06. The summed E-state index contributed by atoms with van der Waals surface area (Å²) in [4.78, 5) is 11.0. The van der Waals surface area contributed by atoms with Crippen molar-refractivity contribution in [3.63, 3.8) is 0 Å². The van der Waals surface area contributed by atoms with Crippen molar-refractivity contribution in [3.8, 4) is 0 Å². The van der Waals surface area contributed by atoms with E-state index in [-0.39, 0.29) is 12.5 Å². The van der Waals surface area contributed by atoms with Crippen LogP contribution in [0, 0.1) is 5.92 Å². The van der Waals surface area contributed by atoms with E-state index in [1.165, 1.54) is 0 Å². The van der Waals surface area contributed by atoms with E-state index in [4.69, 9.17) is 10.5 Å². The van der Waals surface area contributed by atoms with Gasteiger partial charge in [0.2, 0.25) is 5.91 Å². The number of amides is 1. The van der Waals surface area contributed by atoms with Gasteiger partial charge >= 0.3 is 0 Å². The van der Waals surface area contributed by atoms with Crippen LogP contribution < -0.4 is 11.1 Å². The molecule has 0 aliphatic carbocycles. The topological polar surface area (TPSA) is 64.3 Å². The summed E-state index contributed by atoms with van der Waals surface area (Å²) in [6.45, 7) is 6.15. The molecular formula is C10H22N2O2. The maximum atomic E-state index is 11.0. The fourth-order valence-corrected chi connectivity index (χ4v) is 1.02. The average Bonchev–Trinajstić information content (AvgIpc) is 2.13. The van der Waals surface area contributed by atoms with Crippen molar-refractivity contribution in [1.82, 2.24) is 5.32 Å². The summed E-state index contributed by atoms with van der Waals surface area (Å²) >= 11 is 0. The minimum absolute atomic E-state index is 0.0833. The fourth-order valence-electron chi connectivity index (χ4n) is 1.02. The number of rotatable bonds is 8. The Kier molecular flexibility index (Phi) is 8.57. The van der Waals surface area contributed by atoms with Gasteiger partial charge in [0.1, 0.15) is 6.61 Å². The molecule has 0 aromatic heterocycles. The standard InChI is InChI=1S/C10H22N2O2/c1-9(2)4-3-7-14-8-10(13)12-6-5-11/h9H,3-8,11H2,1-2H3,(H,12,13). The van der Waals surface area contributed by atoms with E-state index in [1.807, 2.05) is 0 Å². The zero-order chi connectivity index (χ0) is 10.8. The van der Waals surface area contributed by atoms with Gasteiger partial charge in [-0.3, -0.25) is 4.79 Å². The van der Waals surface area contributed by atoms with E-state index < -0.39 is 0 Å². The van der Waals surface area contributed by atoms with E-state index >= 15 is 0 Å². The van der Waals surface area contributed by atoms with E-state index in [2.05, 4.69) is 19.2 Å². The van der Waals surface area contributed by atoms with Crippen LogP contribution in [-0.4, -0.2) is 32.2 Å². The zero-order valence-corrected chi connectivity index (χ0v) is 9.21. The number of hydrogen-bond acceptors (Lipinski definition) is 3. The quantitative estimate of drug-likeness (QED) is 0.564. The van der Waals surface area contributed by atoms with Crippen molar-refractivity contribution >= 4 is 5.91 Å². The Morgan fingerprint density at radius 2 is 2.21 bits per heavy atom. The number of ether oxygens (including phenoxy) is 1. The first-order chi connectivity index (χ1) is 6.66. The molecule has 14 heavy (non-hydrogen) atoms. The van der Waals surface area contributed by atoms with Crippen molar-refractivity contribution in [2.75, 3.05) is 26.3 Å². The largest absolute Gasteiger partial charge is 0.372 e. The van der Waals surface area contributed by atoms with Crippen LogP contribution in [0.4, 0.5) is 0 Å². The Labute approximate surface area is 86.2 Å². The molecular weight excluding hydrogens is 180 g/mol. The second-order valence-electron chi connectivity index (χ2n) is 3.73. The normalized spacial score (nSPS) is 10.6. The van der Waals surface area contributed by atoms with Gasteiger partial charge in [-0.15, -0.1) is 0 Å². The van der Waals surface area contributed by atoms with Gasteiger partial charge in [0, 0.05) is 19.7 Å². The second kappa shape index (κ2) is 8.97. The highest BCUT2D eigenvalue weighted by atomic mass is 16.5. The summed E-state index contributed by atoms with van der Waals surface area (Å²) in [6.07, 6.45) is 2.16. The highest BCUT2D eigenvalue weighted by Crippen LogP contribution is 2.02. The maximum Gasteiger partial charge on any atom is 0.246 e. The van der Waals surface area contributed by atoms with Crippen molar-refractivity contribution in [1.29, 1.82) is 0 Å². The molecule has 0 bridgehead atoms. The molecule has 4 nitrogen and oxygen atoms in total. The van der Waals surface area contributed by atoms with Gasteiger partial charge in [0.15, 0.2) is 0 Å². The lowest BCUT2D eigenvalue weighted by Crippen LogP contribution is -2.32. The Morgan fingerprint density at radius 3 is 2.79 bits per heavy atom. The van der Waals surface area contributed by atoms with Crippen LogP contribution in [0.5, 0.6) is 0 Å². The van der Waals surface area contributed by atoms with Crippen LogP contribution in [0.3, 0.4) is 0 Å². The fraction of sp³-hybridized carbons (Fsp3) is 0.900. The highest BCUT2D eigenvalue weighted by molar-refractivity contribution is 5.77. The summed E-state index contributed by atoms with van der Waals surface area (Å²) in [5.41, 5.74) is 5.23. The molecule has 0 aliphatic rings. The van der Waals surface area contributed by atoms with Crippen molar-refractivity contribution in [3.05, 3.63) is 0 Å². The molecule has 0 aromatic rings. The van der Waals surface area contributed by atoms with Crippen LogP contribution in [0.2, 0.25) is 0 Å². The van der Waals surface area contributed by atoms with Gasteiger partial charge in [-0.05, 0) is 18.8 Å². The van der Waals surface area contributed by atoms with E-state index in [0.717, 1.165) is 12.8 Å². The Bertz CT molecular complexity index is 149. The summed E-state index contributed by atoms with van der Waals surface area (Å²) in [5, 5.41) is 2.64. The Hall–Kier alpha value is -0.610. The SMILES string of the molecule is CC(C)CCCOCC(=O)NCCN. The number of nitrogens with two attached hydrogens (primary N) is 1. The van der Waals surface area contributed by atoms with Gasteiger partial charge in [-0.1, -0.05) is 13.8 Å². The molecule has 0 spiro atoms. The molecule has 0 rings (SSSR count). The van der Waals surface area contributed by atoms with Crippen LogP contribution in [0.15, 0.2) is 0 Å². The number of carbonyl (C=O) groups is 1. The Balaban J connectivity index is 3.15. The van der Waals surface area contributed by atoms with E-state index in [1.54, 1.807) is 0 Å². The van der Waals surface area contributed by atoms with Crippen molar-refractivity contribution < 1.29 is 9.53 Å². The lowest BCUT2D eigenvalue weighted by atomic mass is 10.1. The summed E-state index contributed by atoms with van der Waals surface area (Å²) < 4.78 is 5.19. The van der Waals surface area contributed by atoms with Crippen molar-refractivity contribution in [2.45, 2.75) is 26.7 Å². The zero-order valence-electron chi connectivity index (χ0n) is 9.21. The molecule has 0 saturated carbocycles. The van der Waals surface area contributed by atoms with Gasteiger partial charge in [0.25, 0.3) is 0 Å². The molecule has 0 saturated heterocycles. The average molecular weight is 202 g/mol. The molecule has 0 aromatic carbocycles. The summed E-state index contributed by atoms with van der Waals surface area (Å²) in [7, 11) is 0. The third-order valence-corrected chi connectivity index (χ3v) is 1.77. The maximum absolute atomic E-state index is 11.0.